The smallest absolute Gasteiger partial charge is 0.183 e. The summed E-state index contributed by atoms with van der Waals surface area (Å²) in [5.74, 6) is 0. The molecule has 0 aliphatic carbocycles. The molecule has 0 N–H and O–H groups in total. The van der Waals surface area contributed by atoms with Crippen LogP contribution in [0.2, 0.25) is 19.6 Å². The van der Waals surface area contributed by atoms with Crippen LogP contribution in [0.4, 0.5) is 0 Å². The maximum atomic E-state index is 6.46. The molecule has 96 valence electrons. The number of alkyl halides is 1. The normalized spacial score (nSPS) is 17.7. The van der Waals surface area contributed by atoms with E-state index in [2.05, 4.69) is 38.5 Å². The zero-order valence-electron chi connectivity index (χ0n) is 11.7. The van der Waals surface area contributed by atoms with Crippen LogP contribution in [0.1, 0.15) is 34.1 Å². The van der Waals surface area contributed by atoms with E-state index in [4.69, 9.17) is 16.0 Å². The van der Waals surface area contributed by atoms with Crippen LogP contribution in [-0.2, 0) is 4.43 Å². The molecule has 1 unspecified atom stereocenters. The zero-order chi connectivity index (χ0) is 13.0. The summed E-state index contributed by atoms with van der Waals surface area (Å²) in [6.07, 6.45) is 0.820. The van der Waals surface area contributed by atoms with E-state index in [1.165, 1.54) is 0 Å². The second kappa shape index (κ2) is 6.17. The highest BCUT2D eigenvalue weighted by Gasteiger charge is 2.26. The van der Waals surface area contributed by atoms with Crippen LogP contribution in [0.25, 0.3) is 0 Å². The van der Waals surface area contributed by atoms with Crippen LogP contribution < -0.4 is 0 Å². The molecular formula is C12H26ClNOSi. The Morgan fingerprint density at radius 2 is 1.88 bits per heavy atom. The molecule has 0 saturated heterocycles. The average Bonchev–Trinajstić information content (AvgIpc) is 1.99. The minimum absolute atomic E-state index is 0.302. The summed E-state index contributed by atoms with van der Waals surface area (Å²) in [6, 6.07) is 0.302. The molecule has 0 saturated carbocycles. The van der Waals surface area contributed by atoms with Crippen molar-refractivity contribution in [3.05, 3.63) is 0 Å². The topological polar surface area (TPSA) is 21.6 Å². The summed E-state index contributed by atoms with van der Waals surface area (Å²) in [6.45, 7) is 15.4. The van der Waals surface area contributed by atoms with Gasteiger partial charge in [0.1, 0.15) is 0 Å². The highest BCUT2D eigenvalue weighted by molar-refractivity contribution is 6.69. The zero-order valence-corrected chi connectivity index (χ0v) is 13.5. The van der Waals surface area contributed by atoms with Gasteiger partial charge in [0.15, 0.2) is 8.32 Å². The Morgan fingerprint density at radius 3 is 2.25 bits per heavy atom. The average molecular weight is 264 g/mol. The fourth-order valence-electron chi connectivity index (χ4n) is 1.25. The quantitative estimate of drug-likeness (QED) is 0.402. The summed E-state index contributed by atoms with van der Waals surface area (Å²) in [5, 5.41) is 0. The lowest BCUT2D eigenvalue weighted by molar-refractivity contribution is 0.297. The molecule has 0 radical (unpaired) electrons. The molecule has 0 fully saturated rings. The van der Waals surface area contributed by atoms with E-state index in [-0.39, 0.29) is 4.87 Å². The van der Waals surface area contributed by atoms with Gasteiger partial charge in [-0.05, 0) is 53.8 Å². The molecule has 0 amide bonds. The van der Waals surface area contributed by atoms with Crippen molar-refractivity contribution in [2.24, 2.45) is 4.99 Å². The first-order valence-corrected chi connectivity index (χ1v) is 9.71. The molecule has 2 nitrogen and oxygen atoms in total. The SMILES string of the molecule is CC(=NC(C)C)C(C)(Cl)CCO[Si](C)(C)C. The summed E-state index contributed by atoms with van der Waals surface area (Å²) in [4.78, 5) is 4.13. The van der Waals surface area contributed by atoms with Crippen LogP contribution in [0.5, 0.6) is 0 Å². The van der Waals surface area contributed by atoms with Gasteiger partial charge in [0, 0.05) is 18.4 Å². The Kier molecular flexibility index (Phi) is 6.23. The van der Waals surface area contributed by atoms with Crippen LogP contribution in [-0.4, -0.2) is 31.6 Å². The van der Waals surface area contributed by atoms with Gasteiger partial charge in [-0.2, -0.15) is 0 Å². The van der Waals surface area contributed by atoms with Crippen molar-refractivity contribution in [3.63, 3.8) is 0 Å². The summed E-state index contributed by atoms with van der Waals surface area (Å²) >= 11 is 6.46. The van der Waals surface area contributed by atoms with Crippen molar-refractivity contribution in [1.82, 2.24) is 0 Å². The largest absolute Gasteiger partial charge is 0.418 e. The van der Waals surface area contributed by atoms with E-state index < -0.39 is 8.32 Å². The molecule has 0 aromatic carbocycles. The molecule has 0 rings (SSSR count). The van der Waals surface area contributed by atoms with Gasteiger partial charge in [0.25, 0.3) is 0 Å². The molecule has 0 aliphatic heterocycles. The van der Waals surface area contributed by atoms with Crippen LogP contribution in [0.15, 0.2) is 4.99 Å². The number of aliphatic imine (C=N–C) groups is 1. The highest BCUT2D eigenvalue weighted by atomic mass is 35.5. The van der Waals surface area contributed by atoms with E-state index in [0.717, 1.165) is 18.7 Å². The van der Waals surface area contributed by atoms with Crippen molar-refractivity contribution < 1.29 is 4.43 Å². The standard InChI is InChI=1S/C12H26ClNOSi/c1-10(2)14-11(3)12(4,13)8-9-15-16(5,6)7/h10H,8-9H2,1-7H3. The summed E-state index contributed by atoms with van der Waals surface area (Å²) < 4.78 is 5.82. The Labute approximate surface area is 107 Å². The van der Waals surface area contributed by atoms with Crippen LogP contribution >= 0.6 is 11.6 Å². The third-order valence-corrected chi connectivity index (χ3v) is 3.85. The van der Waals surface area contributed by atoms with Gasteiger partial charge >= 0.3 is 0 Å². The molecule has 0 aromatic heterocycles. The molecule has 16 heavy (non-hydrogen) atoms. The number of rotatable bonds is 6. The predicted molar refractivity (Wildman–Crippen MR) is 76.4 cm³/mol. The molecular weight excluding hydrogens is 238 g/mol. The van der Waals surface area contributed by atoms with Crippen LogP contribution in [0, 0.1) is 0 Å². The fourth-order valence-corrected chi connectivity index (χ4v) is 2.09. The number of hydrogen-bond donors (Lipinski definition) is 0. The first-order chi connectivity index (χ1) is 7.04. The lowest BCUT2D eigenvalue weighted by atomic mass is 10.0. The minimum atomic E-state index is -1.42. The second-order valence-electron chi connectivity index (χ2n) is 5.72. The fraction of sp³-hybridized carbons (Fsp3) is 0.917. The van der Waals surface area contributed by atoms with Gasteiger partial charge in [-0.25, -0.2) is 0 Å². The summed E-state index contributed by atoms with van der Waals surface area (Å²) in [7, 11) is -1.42. The Morgan fingerprint density at radius 1 is 1.38 bits per heavy atom. The molecule has 0 spiro atoms. The Bertz CT molecular complexity index is 244. The van der Waals surface area contributed by atoms with Crippen LogP contribution in [0.3, 0.4) is 0 Å². The Hall–Kier alpha value is 0.137. The van der Waals surface area contributed by atoms with Gasteiger partial charge < -0.3 is 4.43 Å². The van der Waals surface area contributed by atoms with Gasteiger partial charge in [-0.15, -0.1) is 11.6 Å². The van der Waals surface area contributed by atoms with Gasteiger partial charge in [0.2, 0.25) is 0 Å². The lowest BCUT2D eigenvalue weighted by Gasteiger charge is -2.25. The lowest BCUT2D eigenvalue weighted by Crippen LogP contribution is -2.33. The van der Waals surface area contributed by atoms with Crippen molar-refractivity contribution >= 4 is 25.6 Å². The maximum absolute atomic E-state index is 6.46. The van der Waals surface area contributed by atoms with Crippen molar-refractivity contribution in [2.45, 2.75) is 64.7 Å². The third kappa shape index (κ3) is 7.42. The number of hydrogen-bond acceptors (Lipinski definition) is 2. The summed E-state index contributed by atoms with van der Waals surface area (Å²) in [5.41, 5.74) is 1.00. The van der Waals surface area contributed by atoms with Crippen molar-refractivity contribution in [3.8, 4) is 0 Å². The van der Waals surface area contributed by atoms with Crippen molar-refractivity contribution in [1.29, 1.82) is 0 Å². The van der Waals surface area contributed by atoms with E-state index in [9.17, 15) is 0 Å². The number of halogens is 1. The maximum Gasteiger partial charge on any atom is 0.183 e. The molecule has 1 atom stereocenters. The second-order valence-corrected chi connectivity index (χ2v) is 11.1. The number of nitrogens with zero attached hydrogens (tertiary/aromatic N) is 1. The molecule has 0 aliphatic rings. The molecule has 4 heteroatoms. The van der Waals surface area contributed by atoms with E-state index in [1.807, 2.05) is 13.8 Å². The first-order valence-electron chi connectivity index (χ1n) is 5.92. The minimum Gasteiger partial charge on any atom is -0.418 e. The Balaban J connectivity index is 4.25. The molecule has 0 heterocycles. The van der Waals surface area contributed by atoms with E-state index in [1.54, 1.807) is 0 Å². The third-order valence-electron chi connectivity index (χ3n) is 2.31. The predicted octanol–water partition coefficient (Wildman–Crippen LogP) is 4.09. The van der Waals surface area contributed by atoms with E-state index >= 15 is 0 Å². The van der Waals surface area contributed by atoms with Gasteiger partial charge in [-0.3, -0.25) is 4.99 Å². The van der Waals surface area contributed by atoms with E-state index in [0.29, 0.717) is 6.04 Å². The molecule has 0 bridgehead atoms. The molecule has 0 aromatic rings. The van der Waals surface area contributed by atoms with Crippen molar-refractivity contribution in [2.75, 3.05) is 6.61 Å². The van der Waals surface area contributed by atoms with Gasteiger partial charge in [-0.1, -0.05) is 0 Å². The first kappa shape index (κ1) is 16.1. The van der Waals surface area contributed by atoms with Gasteiger partial charge in [0.05, 0.1) is 4.87 Å². The highest BCUT2D eigenvalue weighted by Crippen LogP contribution is 2.22. The monoisotopic (exact) mass is 263 g/mol.